The fourth-order valence-electron chi connectivity index (χ4n) is 3.73. The second-order valence-corrected chi connectivity index (χ2v) is 7.80. The highest BCUT2D eigenvalue weighted by Crippen LogP contribution is 2.22. The molecule has 2 fully saturated rings. The minimum Gasteiger partial charge on any atom is -0.388 e. The Morgan fingerprint density at radius 2 is 2.00 bits per heavy atom. The first kappa shape index (κ1) is 23.2. The molecule has 2 aliphatic rings. The lowest BCUT2D eigenvalue weighted by molar-refractivity contribution is -0.0566. The van der Waals surface area contributed by atoms with Gasteiger partial charge in [-0.05, 0) is 38.8 Å². The smallest absolute Gasteiger partial charge is 0.191 e. The van der Waals surface area contributed by atoms with E-state index in [1.165, 1.54) is 11.3 Å². The number of hydrogen-bond donors (Lipinski definition) is 3. The molecule has 0 aliphatic carbocycles. The number of aliphatic imine (C=N–C) groups is 1. The van der Waals surface area contributed by atoms with Gasteiger partial charge in [0.2, 0.25) is 0 Å². The molecule has 0 radical (unpaired) electrons. The van der Waals surface area contributed by atoms with Crippen molar-refractivity contribution < 1.29 is 9.84 Å². The number of piperidine rings is 1. The zero-order chi connectivity index (χ0) is 19.1. The van der Waals surface area contributed by atoms with Gasteiger partial charge in [-0.2, -0.15) is 0 Å². The molecule has 0 bridgehead atoms. The van der Waals surface area contributed by atoms with Gasteiger partial charge in [0.1, 0.15) is 0 Å². The van der Waals surface area contributed by atoms with Crippen LogP contribution in [0.2, 0.25) is 0 Å². The van der Waals surface area contributed by atoms with Gasteiger partial charge < -0.3 is 25.4 Å². The number of halogens is 1. The molecule has 3 rings (SSSR count). The van der Waals surface area contributed by atoms with Gasteiger partial charge in [0, 0.05) is 57.4 Å². The van der Waals surface area contributed by atoms with E-state index in [0.717, 1.165) is 38.4 Å². The van der Waals surface area contributed by atoms with Crippen molar-refractivity contribution in [3.63, 3.8) is 0 Å². The van der Waals surface area contributed by atoms with Gasteiger partial charge in [-0.15, -0.1) is 24.0 Å². The van der Waals surface area contributed by atoms with Crippen LogP contribution in [0.5, 0.6) is 0 Å². The summed E-state index contributed by atoms with van der Waals surface area (Å²) >= 11 is 0. The first-order valence-corrected chi connectivity index (χ1v) is 10.2. The van der Waals surface area contributed by atoms with Crippen molar-refractivity contribution in [2.24, 2.45) is 4.99 Å². The van der Waals surface area contributed by atoms with E-state index in [0.29, 0.717) is 38.6 Å². The fraction of sp³-hybridized carbons (Fsp3) is 0.667. The molecule has 2 aliphatic heterocycles. The molecule has 6 nitrogen and oxygen atoms in total. The maximum Gasteiger partial charge on any atom is 0.191 e. The van der Waals surface area contributed by atoms with Crippen LogP contribution in [-0.4, -0.2) is 62.1 Å². The molecule has 7 heteroatoms. The Kier molecular flexibility index (Phi) is 9.30. The average molecular weight is 502 g/mol. The standard InChI is InChI=1S/C21H34N4O2.HI/c1-3-22-20(23-16-21(26)10-13-27-14-11-21)24-18-5-4-12-25(15-18)19-8-6-17(2)7-9-19;/h6-9,18,26H,3-5,10-16H2,1-2H3,(H2,22,23,24);1H. The summed E-state index contributed by atoms with van der Waals surface area (Å²) in [6.07, 6.45) is 3.60. The Labute approximate surface area is 186 Å². The van der Waals surface area contributed by atoms with Crippen molar-refractivity contribution in [2.75, 3.05) is 44.3 Å². The molecule has 0 spiro atoms. The Hall–Kier alpha value is -1.06. The maximum atomic E-state index is 10.7. The van der Waals surface area contributed by atoms with Crippen molar-refractivity contribution in [2.45, 2.75) is 51.2 Å². The lowest BCUT2D eigenvalue weighted by atomic mass is 9.95. The summed E-state index contributed by atoms with van der Waals surface area (Å²) < 4.78 is 5.36. The topological polar surface area (TPSA) is 69.1 Å². The lowest BCUT2D eigenvalue weighted by Crippen LogP contribution is -2.52. The molecule has 1 aromatic carbocycles. The Bertz CT molecular complexity index is 617. The third kappa shape index (κ3) is 6.77. The minimum atomic E-state index is -0.735. The predicted octanol–water partition coefficient (Wildman–Crippen LogP) is 2.68. The predicted molar refractivity (Wildman–Crippen MR) is 126 cm³/mol. The van der Waals surface area contributed by atoms with Crippen molar-refractivity contribution in [1.29, 1.82) is 0 Å². The SMILES string of the molecule is CCNC(=NCC1(O)CCOCC1)NC1CCCN(c2ccc(C)cc2)C1.I. The molecule has 3 N–H and O–H groups in total. The number of guanidine groups is 1. The quantitative estimate of drug-likeness (QED) is 0.328. The van der Waals surface area contributed by atoms with E-state index in [4.69, 9.17) is 4.74 Å². The molecule has 1 atom stereocenters. The average Bonchev–Trinajstić information content (AvgIpc) is 2.68. The van der Waals surface area contributed by atoms with Crippen LogP contribution in [0.1, 0.15) is 38.2 Å². The van der Waals surface area contributed by atoms with Crippen LogP contribution >= 0.6 is 24.0 Å². The summed E-state index contributed by atoms with van der Waals surface area (Å²) in [5.41, 5.74) is 1.84. The van der Waals surface area contributed by atoms with Gasteiger partial charge in [0.05, 0.1) is 12.1 Å². The summed E-state index contributed by atoms with van der Waals surface area (Å²) in [7, 11) is 0. The van der Waals surface area contributed by atoms with Gasteiger partial charge in [-0.25, -0.2) is 0 Å². The van der Waals surface area contributed by atoms with E-state index in [1.54, 1.807) is 0 Å². The largest absolute Gasteiger partial charge is 0.388 e. The van der Waals surface area contributed by atoms with Gasteiger partial charge in [0.25, 0.3) is 0 Å². The Morgan fingerprint density at radius 3 is 2.68 bits per heavy atom. The highest BCUT2D eigenvalue weighted by atomic mass is 127. The highest BCUT2D eigenvalue weighted by Gasteiger charge is 2.30. The van der Waals surface area contributed by atoms with E-state index >= 15 is 0 Å². The number of benzene rings is 1. The van der Waals surface area contributed by atoms with Gasteiger partial charge in [-0.3, -0.25) is 4.99 Å². The van der Waals surface area contributed by atoms with Crippen LogP contribution in [0.25, 0.3) is 0 Å². The molecule has 0 amide bonds. The molecular formula is C21H35IN4O2. The highest BCUT2D eigenvalue weighted by molar-refractivity contribution is 14.0. The molecule has 1 unspecified atom stereocenters. The molecule has 2 heterocycles. The number of nitrogens with one attached hydrogen (secondary N) is 2. The third-order valence-electron chi connectivity index (χ3n) is 5.46. The number of anilines is 1. The normalized spacial score (nSPS) is 22.3. The van der Waals surface area contributed by atoms with Crippen LogP contribution < -0.4 is 15.5 Å². The first-order valence-electron chi connectivity index (χ1n) is 10.2. The van der Waals surface area contributed by atoms with Crippen molar-refractivity contribution in [1.82, 2.24) is 10.6 Å². The zero-order valence-electron chi connectivity index (χ0n) is 17.1. The molecule has 158 valence electrons. The number of ether oxygens (including phenoxy) is 1. The molecule has 1 aromatic rings. The van der Waals surface area contributed by atoms with Crippen molar-refractivity contribution in [3.8, 4) is 0 Å². The van der Waals surface area contributed by atoms with Crippen LogP contribution in [0.3, 0.4) is 0 Å². The number of hydrogen-bond acceptors (Lipinski definition) is 4. The summed E-state index contributed by atoms with van der Waals surface area (Å²) in [5.74, 6) is 0.799. The minimum absolute atomic E-state index is 0. The number of nitrogens with zero attached hydrogens (tertiary/aromatic N) is 2. The van der Waals surface area contributed by atoms with Crippen molar-refractivity contribution in [3.05, 3.63) is 29.8 Å². The third-order valence-corrected chi connectivity index (χ3v) is 5.46. The van der Waals surface area contributed by atoms with Crippen LogP contribution in [-0.2, 0) is 4.74 Å². The monoisotopic (exact) mass is 502 g/mol. The first-order chi connectivity index (χ1) is 13.1. The molecule has 0 saturated carbocycles. The molecule has 2 saturated heterocycles. The Balaban J connectivity index is 0.00000280. The van der Waals surface area contributed by atoms with Crippen molar-refractivity contribution >= 4 is 35.6 Å². The van der Waals surface area contributed by atoms with Crippen LogP contribution in [0.4, 0.5) is 5.69 Å². The molecular weight excluding hydrogens is 467 g/mol. The molecule has 0 aromatic heterocycles. The molecule has 28 heavy (non-hydrogen) atoms. The number of aliphatic hydroxyl groups is 1. The van der Waals surface area contributed by atoms with Crippen LogP contribution in [0.15, 0.2) is 29.3 Å². The fourth-order valence-corrected chi connectivity index (χ4v) is 3.73. The second-order valence-electron chi connectivity index (χ2n) is 7.80. The number of aryl methyl sites for hydroxylation is 1. The van der Waals surface area contributed by atoms with E-state index in [9.17, 15) is 5.11 Å². The van der Waals surface area contributed by atoms with Gasteiger partial charge >= 0.3 is 0 Å². The maximum absolute atomic E-state index is 10.7. The summed E-state index contributed by atoms with van der Waals surface area (Å²) in [5, 5.41) is 17.6. The van der Waals surface area contributed by atoms with E-state index in [2.05, 4.69) is 58.6 Å². The summed E-state index contributed by atoms with van der Waals surface area (Å²) in [6.45, 7) is 8.70. The van der Waals surface area contributed by atoms with Gasteiger partial charge in [-0.1, -0.05) is 17.7 Å². The van der Waals surface area contributed by atoms with Crippen LogP contribution in [0, 0.1) is 6.92 Å². The van der Waals surface area contributed by atoms with E-state index in [1.807, 2.05) is 0 Å². The van der Waals surface area contributed by atoms with Gasteiger partial charge in [0.15, 0.2) is 5.96 Å². The summed E-state index contributed by atoms with van der Waals surface area (Å²) in [4.78, 5) is 7.12. The number of rotatable bonds is 5. The second kappa shape index (κ2) is 11.2. The summed E-state index contributed by atoms with van der Waals surface area (Å²) in [6, 6.07) is 9.11. The van der Waals surface area contributed by atoms with E-state index < -0.39 is 5.60 Å². The Morgan fingerprint density at radius 1 is 1.29 bits per heavy atom. The lowest BCUT2D eigenvalue weighted by Gasteiger charge is -2.36. The van der Waals surface area contributed by atoms with E-state index in [-0.39, 0.29) is 24.0 Å². The zero-order valence-corrected chi connectivity index (χ0v) is 19.4.